The van der Waals surface area contributed by atoms with Gasteiger partial charge in [0.1, 0.15) is 0 Å². The summed E-state index contributed by atoms with van der Waals surface area (Å²) in [6.07, 6.45) is 3.44. The summed E-state index contributed by atoms with van der Waals surface area (Å²) in [6.45, 7) is 3.28. The number of primary amides is 1. The van der Waals surface area contributed by atoms with Crippen LogP contribution in [0.4, 0.5) is 5.69 Å². The van der Waals surface area contributed by atoms with Gasteiger partial charge in [-0.25, -0.2) is 0 Å². The first kappa shape index (κ1) is 16.4. The molecule has 26 heavy (non-hydrogen) atoms. The Morgan fingerprint density at radius 2 is 1.73 bits per heavy atom. The highest BCUT2D eigenvalue weighted by Gasteiger charge is 2.16. The van der Waals surface area contributed by atoms with Crippen LogP contribution >= 0.6 is 0 Å². The van der Waals surface area contributed by atoms with Gasteiger partial charge >= 0.3 is 0 Å². The Morgan fingerprint density at radius 1 is 1.04 bits per heavy atom. The number of nitrogens with one attached hydrogen (secondary N) is 1. The van der Waals surface area contributed by atoms with Crippen LogP contribution in [0.15, 0.2) is 54.9 Å². The molecule has 3 N–H and O–H groups in total. The third kappa shape index (κ3) is 3.19. The Balaban J connectivity index is 1.68. The molecule has 1 aromatic carbocycles. The fraction of sp³-hybridized carbons (Fsp3) is 0.200. The summed E-state index contributed by atoms with van der Waals surface area (Å²) < 4.78 is 5.40. The number of carbonyl (C=O) groups excluding carboxylic acids is 1. The van der Waals surface area contributed by atoms with Gasteiger partial charge in [-0.3, -0.25) is 9.78 Å². The Kier molecular flexibility index (Phi) is 4.41. The van der Waals surface area contributed by atoms with Crippen molar-refractivity contribution in [1.29, 1.82) is 0 Å². The zero-order valence-electron chi connectivity index (χ0n) is 14.3. The lowest BCUT2D eigenvalue weighted by Gasteiger charge is -2.28. The fourth-order valence-electron chi connectivity index (χ4n) is 3.22. The highest BCUT2D eigenvalue weighted by Crippen LogP contribution is 2.30. The smallest absolute Gasteiger partial charge is 0.250 e. The molecule has 2 aromatic heterocycles. The van der Waals surface area contributed by atoms with Crippen LogP contribution in [0.25, 0.3) is 22.5 Å². The van der Waals surface area contributed by atoms with Crippen molar-refractivity contribution < 1.29 is 9.53 Å². The van der Waals surface area contributed by atoms with Gasteiger partial charge in [0.15, 0.2) is 0 Å². The number of morpholine rings is 1. The summed E-state index contributed by atoms with van der Waals surface area (Å²) >= 11 is 0. The minimum atomic E-state index is -0.450. The molecule has 0 bridgehead atoms. The second-order valence-corrected chi connectivity index (χ2v) is 6.22. The Bertz CT molecular complexity index is 897. The van der Waals surface area contributed by atoms with E-state index in [1.165, 1.54) is 0 Å². The quantitative estimate of drug-likeness (QED) is 0.759. The molecule has 1 fully saturated rings. The van der Waals surface area contributed by atoms with Crippen molar-refractivity contribution in [3.8, 4) is 22.5 Å². The van der Waals surface area contributed by atoms with Gasteiger partial charge in [-0.2, -0.15) is 0 Å². The molecule has 1 aliphatic heterocycles. The molecule has 1 aliphatic rings. The molecule has 3 heterocycles. The summed E-state index contributed by atoms with van der Waals surface area (Å²) in [5.74, 6) is -0.450. The molecule has 0 spiro atoms. The monoisotopic (exact) mass is 348 g/mol. The maximum absolute atomic E-state index is 11.9. The van der Waals surface area contributed by atoms with Crippen LogP contribution < -0.4 is 10.6 Å². The van der Waals surface area contributed by atoms with E-state index < -0.39 is 5.91 Å². The van der Waals surface area contributed by atoms with Crippen LogP contribution in [0.3, 0.4) is 0 Å². The van der Waals surface area contributed by atoms with E-state index in [0.717, 1.165) is 54.5 Å². The lowest BCUT2D eigenvalue weighted by Crippen LogP contribution is -2.36. The molecular formula is C20H20N4O2. The molecule has 6 nitrogen and oxygen atoms in total. The predicted molar refractivity (Wildman–Crippen MR) is 101 cm³/mol. The van der Waals surface area contributed by atoms with Crippen molar-refractivity contribution in [2.45, 2.75) is 0 Å². The first-order valence-electron chi connectivity index (χ1n) is 8.59. The van der Waals surface area contributed by atoms with Crippen molar-refractivity contribution in [1.82, 2.24) is 9.97 Å². The number of aromatic amines is 1. The van der Waals surface area contributed by atoms with Crippen molar-refractivity contribution >= 4 is 11.6 Å². The van der Waals surface area contributed by atoms with E-state index in [1.54, 1.807) is 18.5 Å². The van der Waals surface area contributed by atoms with Gasteiger partial charge in [0.25, 0.3) is 5.91 Å². The zero-order valence-corrected chi connectivity index (χ0v) is 14.3. The van der Waals surface area contributed by atoms with Gasteiger partial charge in [-0.05, 0) is 35.9 Å². The van der Waals surface area contributed by atoms with Crippen molar-refractivity contribution in [2.75, 3.05) is 31.2 Å². The largest absolute Gasteiger partial charge is 0.378 e. The molecule has 3 aromatic rings. The number of hydrogen-bond acceptors (Lipinski definition) is 4. The van der Waals surface area contributed by atoms with Gasteiger partial charge in [0, 0.05) is 42.4 Å². The second kappa shape index (κ2) is 7.01. The highest BCUT2D eigenvalue weighted by molar-refractivity contribution is 6.00. The summed E-state index contributed by atoms with van der Waals surface area (Å²) in [7, 11) is 0. The third-order valence-corrected chi connectivity index (χ3v) is 4.61. The maximum atomic E-state index is 11.9. The normalized spacial score (nSPS) is 14.4. The van der Waals surface area contributed by atoms with E-state index in [9.17, 15) is 4.79 Å². The van der Waals surface area contributed by atoms with E-state index in [0.29, 0.717) is 5.56 Å². The third-order valence-electron chi connectivity index (χ3n) is 4.61. The molecule has 0 aliphatic carbocycles. The molecule has 1 amide bonds. The summed E-state index contributed by atoms with van der Waals surface area (Å²) in [5, 5.41) is 0. The number of benzene rings is 1. The molecular weight excluding hydrogens is 328 g/mol. The average molecular weight is 348 g/mol. The lowest BCUT2D eigenvalue weighted by atomic mass is 10.1. The van der Waals surface area contributed by atoms with Crippen LogP contribution in [0.2, 0.25) is 0 Å². The van der Waals surface area contributed by atoms with E-state index in [2.05, 4.69) is 27.0 Å². The van der Waals surface area contributed by atoms with E-state index in [4.69, 9.17) is 10.5 Å². The number of nitrogens with zero attached hydrogens (tertiary/aromatic N) is 2. The Morgan fingerprint density at radius 3 is 2.38 bits per heavy atom. The van der Waals surface area contributed by atoms with Gasteiger partial charge in [0.2, 0.25) is 0 Å². The minimum Gasteiger partial charge on any atom is -0.378 e. The number of H-pyrrole nitrogens is 1. The number of pyridine rings is 1. The van der Waals surface area contributed by atoms with Crippen molar-refractivity contribution in [2.24, 2.45) is 5.73 Å². The van der Waals surface area contributed by atoms with Crippen LogP contribution in [-0.4, -0.2) is 42.2 Å². The van der Waals surface area contributed by atoms with E-state index in [-0.39, 0.29) is 0 Å². The number of carbonyl (C=O) groups is 1. The molecule has 0 atom stereocenters. The summed E-state index contributed by atoms with van der Waals surface area (Å²) in [6, 6.07) is 13.7. The lowest BCUT2D eigenvalue weighted by molar-refractivity contribution is 0.100. The van der Waals surface area contributed by atoms with Crippen LogP contribution in [0, 0.1) is 0 Å². The van der Waals surface area contributed by atoms with E-state index >= 15 is 0 Å². The van der Waals surface area contributed by atoms with Crippen molar-refractivity contribution in [3.63, 3.8) is 0 Å². The molecule has 1 saturated heterocycles. The number of hydrogen-bond donors (Lipinski definition) is 2. The number of anilines is 1. The number of amides is 1. The Labute approximate surface area is 151 Å². The minimum absolute atomic E-state index is 0.450. The first-order valence-corrected chi connectivity index (χ1v) is 8.59. The predicted octanol–water partition coefficient (Wildman–Crippen LogP) is 2.68. The summed E-state index contributed by atoms with van der Waals surface area (Å²) in [4.78, 5) is 21.6. The zero-order chi connectivity index (χ0) is 17.9. The average Bonchev–Trinajstić information content (AvgIpc) is 3.15. The topological polar surface area (TPSA) is 84.2 Å². The highest BCUT2D eigenvalue weighted by atomic mass is 16.5. The van der Waals surface area contributed by atoms with Crippen LogP contribution in [-0.2, 0) is 4.74 Å². The first-order chi connectivity index (χ1) is 12.7. The second-order valence-electron chi connectivity index (χ2n) is 6.22. The van der Waals surface area contributed by atoms with Gasteiger partial charge in [0.05, 0.1) is 24.5 Å². The van der Waals surface area contributed by atoms with Crippen LogP contribution in [0.5, 0.6) is 0 Å². The van der Waals surface area contributed by atoms with Crippen molar-refractivity contribution in [3.05, 3.63) is 60.4 Å². The molecule has 4 rings (SSSR count). The fourth-order valence-corrected chi connectivity index (χ4v) is 3.22. The Hall–Kier alpha value is -3.12. The van der Waals surface area contributed by atoms with E-state index in [1.807, 2.05) is 24.3 Å². The van der Waals surface area contributed by atoms with Crippen LogP contribution in [0.1, 0.15) is 10.4 Å². The maximum Gasteiger partial charge on any atom is 0.250 e. The molecule has 0 radical (unpaired) electrons. The molecule has 0 saturated carbocycles. The number of nitrogens with two attached hydrogens (primary N) is 1. The van der Waals surface area contributed by atoms with Gasteiger partial charge in [-0.1, -0.05) is 12.1 Å². The molecule has 132 valence electrons. The van der Waals surface area contributed by atoms with Gasteiger partial charge in [-0.15, -0.1) is 0 Å². The number of rotatable bonds is 4. The standard InChI is InChI=1S/C20H20N4O2/c21-20(25)17-13-18(14-5-7-22-8-6-14)23-19(17)15-1-3-16(4-2-15)24-9-11-26-12-10-24/h1-8,13,23H,9-12H2,(H2,21,25). The molecule has 6 heteroatoms. The number of aromatic nitrogens is 2. The SMILES string of the molecule is NC(=O)c1cc(-c2ccncc2)[nH]c1-c1ccc(N2CCOCC2)cc1. The molecule has 0 unspecified atom stereocenters. The van der Waals surface area contributed by atoms with Gasteiger partial charge < -0.3 is 20.4 Å². The number of ether oxygens (including phenoxy) is 1. The summed E-state index contributed by atoms with van der Waals surface area (Å²) in [5.41, 5.74) is 10.7.